The lowest BCUT2D eigenvalue weighted by atomic mass is 10.1. The maximum atomic E-state index is 12.7. The van der Waals surface area contributed by atoms with Gasteiger partial charge in [-0.25, -0.2) is 9.78 Å². The van der Waals surface area contributed by atoms with E-state index < -0.39 is 0 Å². The van der Waals surface area contributed by atoms with E-state index in [1.807, 2.05) is 36.0 Å². The predicted molar refractivity (Wildman–Crippen MR) is 107 cm³/mol. The van der Waals surface area contributed by atoms with Gasteiger partial charge in [0.1, 0.15) is 18.5 Å². The number of anilines is 2. The number of imidazole rings is 1. The van der Waals surface area contributed by atoms with Gasteiger partial charge in [0.2, 0.25) is 0 Å². The van der Waals surface area contributed by atoms with E-state index in [-0.39, 0.29) is 30.7 Å². The van der Waals surface area contributed by atoms with Crippen LogP contribution in [0.15, 0.2) is 30.6 Å². The molecule has 9 heteroatoms. The number of rotatable bonds is 5. The summed E-state index contributed by atoms with van der Waals surface area (Å²) in [5, 5.41) is 5.95. The topological polar surface area (TPSA) is 97.7 Å². The van der Waals surface area contributed by atoms with Crippen LogP contribution >= 0.6 is 0 Å². The van der Waals surface area contributed by atoms with Crippen molar-refractivity contribution in [2.75, 3.05) is 37.1 Å². The van der Waals surface area contributed by atoms with Gasteiger partial charge in [-0.15, -0.1) is 0 Å². The van der Waals surface area contributed by atoms with Crippen LogP contribution in [0, 0.1) is 0 Å². The van der Waals surface area contributed by atoms with Crippen molar-refractivity contribution in [3.05, 3.63) is 42.0 Å². The molecular weight excluding hydrogens is 374 g/mol. The van der Waals surface area contributed by atoms with E-state index in [4.69, 9.17) is 9.47 Å². The highest BCUT2D eigenvalue weighted by atomic mass is 16.5. The third kappa shape index (κ3) is 3.83. The number of fused-ring (bicyclic) bond motifs is 1. The van der Waals surface area contributed by atoms with Gasteiger partial charge < -0.3 is 29.6 Å². The summed E-state index contributed by atoms with van der Waals surface area (Å²) in [6.07, 6.45) is 4.71. The Hall–Kier alpha value is -2.91. The van der Waals surface area contributed by atoms with Gasteiger partial charge >= 0.3 is 6.03 Å². The van der Waals surface area contributed by atoms with E-state index in [0.717, 1.165) is 23.5 Å². The van der Waals surface area contributed by atoms with E-state index >= 15 is 0 Å². The number of ether oxygens (including phenoxy) is 2. The maximum absolute atomic E-state index is 12.7. The summed E-state index contributed by atoms with van der Waals surface area (Å²) in [6, 6.07) is 5.12. The molecule has 0 unspecified atom stereocenters. The summed E-state index contributed by atoms with van der Waals surface area (Å²) >= 11 is 0. The third-order valence-corrected chi connectivity index (χ3v) is 5.37. The molecule has 2 aliphatic rings. The Labute approximate surface area is 169 Å². The minimum Gasteiger partial charge on any atom is -0.375 e. The lowest BCUT2D eigenvalue weighted by Gasteiger charge is -2.21. The van der Waals surface area contributed by atoms with Crippen LogP contribution in [0.4, 0.5) is 16.2 Å². The Kier molecular flexibility index (Phi) is 5.50. The number of hydrogen-bond acceptors (Lipinski definition) is 5. The Bertz CT molecular complexity index is 912. The molecule has 1 fully saturated rings. The van der Waals surface area contributed by atoms with Gasteiger partial charge in [0.25, 0.3) is 5.91 Å². The first-order chi connectivity index (χ1) is 14.1. The maximum Gasteiger partial charge on any atom is 0.319 e. The first-order valence-electron chi connectivity index (χ1n) is 9.66. The Morgan fingerprint density at radius 1 is 1.38 bits per heavy atom. The van der Waals surface area contributed by atoms with Crippen LogP contribution in [0.25, 0.3) is 0 Å². The quantitative estimate of drug-likeness (QED) is 0.796. The van der Waals surface area contributed by atoms with Gasteiger partial charge in [0, 0.05) is 56.6 Å². The molecule has 2 N–H and O–H groups in total. The predicted octanol–water partition coefficient (Wildman–Crippen LogP) is 1.61. The van der Waals surface area contributed by atoms with Gasteiger partial charge in [-0.05, 0) is 25.0 Å². The van der Waals surface area contributed by atoms with Crippen molar-refractivity contribution in [1.82, 2.24) is 14.9 Å². The average molecular weight is 399 g/mol. The highest BCUT2D eigenvalue weighted by molar-refractivity contribution is 5.99. The molecule has 0 aliphatic carbocycles. The minimum atomic E-state index is -0.297. The Morgan fingerprint density at radius 3 is 3.00 bits per heavy atom. The molecule has 154 valence electrons. The normalized spacial score (nSPS) is 20.6. The summed E-state index contributed by atoms with van der Waals surface area (Å²) in [4.78, 5) is 31.0. The van der Waals surface area contributed by atoms with Crippen LogP contribution in [0.1, 0.15) is 23.9 Å². The van der Waals surface area contributed by atoms with Gasteiger partial charge in [-0.1, -0.05) is 6.07 Å². The van der Waals surface area contributed by atoms with Crippen molar-refractivity contribution in [2.24, 2.45) is 7.05 Å². The SMILES string of the molecule is COCC(=O)N1CCc2c(NC(=O)N[C@@H]3CCO[C@H]3c3nccn3C)cccc21. The largest absolute Gasteiger partial charge is 0.375 e. The van der Waals surface area contributed by atoms with E-state index in [2.05, 4.69) is 15.6 Å². The molecule has 1 aromatic heterocycles. The zero-order valence-electron chi connectivity index (χ0n) is 16.6. The lowest BCUT2D eigenvalue weighted by Crippen LogP contribution is -2.40. The molecule has 2 aromatic rings. The summed E-state index contributed by atoms with van der Waals surface area (Å²) in [6.45, 7) is 1.18. The lowest BCUT2D eigenvalue weighted by molar-refractivity contribution is -0.122. The summed E-state index contributed by atoms with van der Waals surface area (Å²) in [7, 11) is 3.41. The molecule has 0 saturated carbocycles. The molecule has 1 aromatic carbocycles. The first kappa shape index (κ1) is 19.4. The monoisotopic (exact) mass is 399 g/mol. The van der Waals surface area contributed by atoms with Crippen LogP contribution in [-0.4, -0.2) is 54.4 Å². The standard InChI is InChI=1S/C20H25N5O4/c1-24-10-8-21-19(24)18-15(7-11-29-18)23-20(27)22-14-4-3-5-16-13(14)6-9-25(16)17(26)12-28-2/h3-5,8,10,15,18H,6-7,9,11-12H2,1-2H3,(H2,22,23,27)/t15-,18-/m1/s1. The van der Waals surface area contributed by atoms with Crippen LogP contribution in [-0.2, 0) is 27.7 Å². The molecule has 2 aliphatic heterocycles. The van der Waals surface area contributed by atoms with Gasteiger partial charge in [0.05, 0.1) is 6.04 Å². The number of urea groups is 1. The molecule has 1 saturated heterocycles. The number of benzene rings is 1. The molecule has 3 amide bonds. The van der Waals surface area contributed by atoms with E-state index in [1.165, 1.54) is 7.11 Å². The minimum absolute atomic E-state index is 0.0356. The zero-order chi connectivity index (χ0) is 20.4. The van der Waals surface area contributed by atoms with Crippen molar-refractivity contribution in [2.45, 2.75) is 25.0 Å². The molecule has 2 atom stereocenters. The van der Waals surface area contributed by atoms with Crippen molar-refractivity contribution < 1.29 is 19.1 Å². The molecule has 4 rings (SSSR count). The summed E-state index contributed by atoms with van der Waals surface area (Å²) in [5.74, 6) is 0.703. The molecule has 3 heterocycles. The van der Waals surface area contributed by atoms with Gasteiger partial charge in [-0.2, -0.15) is 0 Å². The molecule has 0 spiro atoms. The molecule has 29 heavy (non-hydrogen) atoms. The van der Waals surface area contributed by atoms with E-state index in [0.29, 0.717) is 25.3 Å². The molecule has 9 nitrogen and oxygen atoms in total. The van der Waals surface area contributed by atoms with Crippen LogP contribution in [0.3, 0.4) is 0 Å². The Balaban J connectivity index is 1.44. The number of methoxy groups -OCH3 is 1. The van der Waals surface area contributed by atoms with Gasteiger partial charge in [-0.3, -0.25) is 4.79 Å². The second-order valence-electron chi connectivity index (χ2n) is 7.21. The average Bonchev–Trinajstić information content (AvgIpc) is 3.41. The van der Waals surface area contributed by atoms with Crippen LogP contribution in [0.5, 0.6) is 0 Å². The van der Waals surface area contributed by atoms with Crippen LogP contribution < -0.4 is 15.5 Å². The zero-order valence-corrected chi connectivity index (χ0v) is 16.6. The number of aryl methyl sites for hydroxylation is 1. The number of carbonyl (C=O) groups excluding carboxylic acids is 2. The fourth-order valence-corrected chi connectivity index (χ4v) is 3.98. The van der Waals surface area contributed by atoms with E-state index in [1.54, 1.807) is 11.1 Å². The number of hydrogen-bond donors (Lipinski definition) is 2. The smallest absolute Gasteiger partial charge is 0.319 e. The summed E-state index contributed by atoms with van der Waals surface area (Å²) in [5.41, 5.74) is 2.48. The van der Waals surface area contributed by atoms with Crippen molar-refractivity contribution >= 4 is 23.3 Å². The van der Waals surface area contributed by atoms with Crippen molar-refractivity contribution in [1.29, 1.82) is 0 Å². The highest BCUT2D eigenvalue weighted by Crippen LogP contribution is 2.34. The number of nitrogens with one attached hydrogen (secondary N) is 2. The van der Waals surface area contributed by atoms with Crippen LogP contribution in [0.2, 0.25) is 0 Å². The molecular formula is C20H25N5O4. The summed E-state index contributed by atoms with van der Waals surface area (Å²) < 4.78 is 12.7. The third-order valence-electron chi connectivity index (χ3n) is 5.37. The number of carbonyl (C=O) groups is 2. The first-order valence-corrected chi connectivity index (χ1v) is 9.66. The van der Waals surface area contributed by atoms with Crippen molar-refractivity contribution in [3.63, 3.8) is 0 Å². The van der Waals surface area contributed by atoms with E-state index in [9.17, 15) is 9.59 Å². The Morgan fingerprint density at radius 2 is 2.24 bits per heavy atom. The number of nitrogens with zero attached hydrogens (tertiary/aromatic N) is 3. The highest BCUT2D eigenvalue weighted by Gasteiger charge is 2.34. The second-order valence-corrected chi connectivity index (χ2v) is 7.21. The molecule has 0 bridgehead atoms. The number of aromatic nitrogens is 2. The van der Waals surface area contributed by atoms with Crippen molar-refractivity contribution in [3.8, 4) is 0 Å². The fraction of sp³-hybridized carbons (Fsp3) is 0.450. The van der Waals surface area contributed by atoms with Gasteiger partial charge in [0.15, 0.2) is 0 Å². The number of amides is 3. The fourth-order valence-electron chi connectivity index (χ4n) is 3.98. The second kappa shape index (κ2) is 8.22. The molecule has 0 radical (unpaired) electrons.